The van der Waals surface area contributed by atoms with Crippen molar-refractivity contribution in [2.75, 3.05) is 24.9 Å². The second kappa shape index (κ2) is 8.92. The second-order valence-electron chi connectivity index (χ2n) is 7.30. The van der Waals surface area contributed by atoms with Gasteiger partial charge in [-0.05, 0) is 36.2 Å². The van der Waals surface area contributed by atoms with Crippen LogP contribution in [0.5, 0.6) is 11.5 Å². The molecule has 1 atom stereocenters. The standard InChI is InChI=1S/C23H23ClN4O4/c1-4-16-21(13-5-7-14(24)8-6-13)22-26-23(30)18(28(22)27-16)12-20(29)25-17-10-9-15(31-2)11-19(17)32-3/h5-11,18H,4,12H2,1-3H3,(H,25,29)(H,26,30). The maximum absolute atomic E-state index is 12.8. The quantitative estimate of drug-likeness (QED) is 0.555. The van der Waals surface area contributed by atoms with Crippen molar-refractivity contribution in [3.05, 3.63) is 53.2 Å². The van der Waals surface area contributed by atoms with E-state index in [0.29, 0.717) is 34.4 Å². The van der Waals surface area contributed by atoms with Crippen LogP contribution in [0.1, 0.15) is 25.1 Å². The van der Waals surface area contributed by atoms with Crippen LogP contribution in [-0.4, -0.2) is 35.8 Å². The third-order valence-corrected chi connectivity index (χ3v) is 5.60. The summed E-state index contributed by atoms with van der Waals surface area (Å²) in [4.78, 5) is 25.5. The van der Waals surface area contributed by atoms with E-state index in [1.807, 2.05) is 19.1 Å². The van der Waals surface area contributed by atoms with Crippen LogP contribution in [0.25, 0.3) is 11.1 Å². The average molecular weight is 455 g/mol. The van der Waals surface area contributed by atoms with Crippen molar-refractivity contribution in [2.24, 2.45) is 0 Å². The van der Waals surface area contributed by atoms with Crippen LogP contribution in [-0.2, 0) is 16.0 Å². The number of amides is 2. The predicted molar refractivity (Wildman–Crippen MR) is 123 cm³/mol. The molecule has 0 saturated heterocycles. The molecule has 32 heavy (non-hydrogen) atoms. The lowest BCUT2D eigenvalue weighted by atomic mass is 10.0. The van der Waals surface area contributed by atoms with E-state index in [1.54, 1.807) is 42.1 Å². The lowest BCUT2D eigenvalue weighted by molar-refractivity contribution is -0.123. The zero-order valence-electron chi connectivity index (χ0n) is 17.9. The number of halogens is 1. The van der Waals surface area contributed by atoms with Crippen LogP contribution in [0.2, 0.25) is 5.02 Å². The van der Waals surface area contributed by atoms with E-state index < -0.39 is 6.04 Å². The van der Waals surface area contributed by atoms with Gasteiger partial charge in [-0.25, -0.2) is 4.68 Å². The topological polar surface area (TPSA) is 94.5 Å². The number of nitrogens with zero attached hydrogens (tertiary/aromatic N) is 2. The van der Waals surface area contributed by atoms with Gasteiger partial charge in [0.25, 0.3) is 5.91 Å². The largest absolute Gasteiger partial charge is 0.497 e. The molecule has 9 heteroatoms. The van der Waals surface area contributed by atoms with Gasteiger partial charge in [0.1, 0.15) is 23.4 Å². The van der Waals surface area contributed by atoms with Crippen molar-refractivity contribution in [3.8, 4) is 22.6 Å². The Morgan fingerprint density at radius 1 is 1.19 bits per heavy atom. The summed E-state index contributed by atoms with van der Waals surface area (Å²) < 4.78 is 12.1. The van der Waals surface area contributed by atoms with Crippen LogP contribution in [0.4, 0.5) is 11.5 Å². The summed E-state index contributed by atoms with van der Waals surface area (Å²) >= 11 is 6.02. The number of anilines is 2. The van der Waals surface area contributed by atoms with E-state index in [4.69, 9.17) is 21.1 Å². The summed E-state index contributed by atoms with van der Waals surface area (Å²) in [7, 11) is 3.06. The van der Waals surface area contributed by atoms with Crippen molar-refractivity contribution in [3.63, 3.8) is 0 Å². The molecule has 0 saturated carbocycles. The number of fused-ring (bicyclic) bond motifs is 1. The monoisotopic (exact) mass is 454 g/mol. The van der Waals surface area contributed by atoms with E-state index >= 15 is 0 Å². The number of carbonyl (C=O) groups is 2. The van der Waals surface area contributed by atoms with Gasteiger partial charge < -0.3 is 20.1 Å². The molecule has 4 rings (SSSR count). The van der Waals surface area contributed by atoms with Gasteiger partial charge in [-0.3, -0.25) is 9.59 Å². The third kappa shape index (κ3) is 4.01. The number of hydrogen-bond acceptors (Lipinski definition) is 5. The summed E-state index contributed by atoms with van der Waals surface area (Å²) in [5.74, 6) is 1.06. The number of ether oxygens (including phenoxy) is 2. The highest BCUT2D eigenvalue weighted by atomic mass is 35.5. The first-order chi connectivity index (χ1) is 15.4. The molecule has 0 radical (unpaired) electrons. The molecule has 2 amide bonds. The van der Waals surface area contributed by atoms with Crippen molar-refractivity contribution in [1.29, 1.82) is 0 Å². The zero-order chi connectivity index (χ0) is 22.8. The van der Waals surface area contributed by atoms with Crippen molar-refractivity contribution in [2.45, 2.75) is 25.8 Å². The molecule has 2 N–H and O–H groups in total. The maximum Gasteiger partial charge on any atom is 0.251 e. The van der Waals surface area contributed by atoms with Crippen LogP contribution in [0.3, 0.4) is 0 Å². The number of hydrogen-bond donors (Lipinski definition) is 2. The van der Waals surface area contributed by atoms with E-state index in [2.05, 4.69) is 15.7 Å². The van der Waals surface area contributed by atoms with Gasteiger partial charge in [0.15, 0.2) is 0 Å². The van der Waals surface area contributed by atoms with E-state index in [9.17, 15) is 9.59 Å². The van der Waals surface area contributed by atoms with Gasteiger partial charge in [0, 0.05) is 16.7 Å². The summed E-state index contributed by atoms with van der Waals surface area (Å²) in [6.07, 6.45) is 0.606. The highest BCUT2D eigenvalue weighted by molar-refractivity contribution is 6.30. The van der Waals surface area contributed by atoms with Gasteiger partial charge in [0.05, 0.1) is 32.0 Å². The Morgan fingerprint density at radius 2 is 1.94 bits per heavy atom. The SMILES string of the molecule is CCc1nn2c(c1-c1ccc(Cl)cc1)NC(=O)C2CC(=O)Nc1ccc(OC)cc1OC. The van der Waals surface area contributed by atoms with Crippen LogP contribution >= 0.6 is 11.6 Å². The Labute approximate surface area is 190 Å². The normalized spacial score (nSPS) is 14.6. The first kappa shape index (κ1) is 21.7. The number of nitrogens with one attached hydrogen (secondary N) is 2. The Kier molecular flexibility index (Phi) is 6.05. The minimum Gasteiger partial charge on any atom is -0.497 e. The number of carbonyl (C=O) groups excluding carboxylic acids is 2. The fourth-order valence-corrected chi connectivity index (χ4v) is 3.89. The fraction of sp³-hybridized carbons (Fsp3) is 0.261. The summed E-state index contributed by atoms with van der Waals surface area (Å²) in [6.45, 7) is 2.00. The Balaban J connectivity index is 1.59. The van der Waals surface area contributed by atoms with Crippen molar-refractivity contribution < 1.29 is 19.1 Å². The lowest BCUT2D eigenvalue weighted by Gasteiger charge is -2.13. The Bertz CT molecular complexity index is 1170. The molecular formula is C23H23ClN4O4. The van der Waals surface area contributed by atoms with E-state index in [-0.39, 0.29) is 18.2 Å². The predicted octanol–water partition coefficient (Wildman–Crippen LogP) is 4.31. The minimum absolute atomic E-state index is 0.0705. The minimum atomic E-state index is -0.749. The van der Waals surface area contributed by atoms with Crippen LogP contribution in [0.15, 0.2) is 42.5 Å². The van der Waals surface area contributed by atoms with Crippen molar-refractivity contribution >= 4 is 34.9 Å². The molecule has 2 aromatic carbocycles. The lowest BCUT2D eigenvalue weighted by Crippen LogP contribution is -2.24. The first-order valence-corrected chi connectivity index (χ1v) is 10.5. The molecule has 0 spiro atoms. The van der Waals surface area contributed by atoms with Gasteiger partial charge in [0.2, 0.25) is 5.91 Å². The van der Waals surface area contributed by atoms with Crippen LogP contribution < -0.4 is 20.1 Å². The molecule has 0 fully saturated rings. The third-order valence-electron chi connectivity index (χ3n) is 5.35. The summed E-state index contributed by atoms with van der Waals surface area (Å²) in [5, 5.41) is 11.0. The number of benzene rings is 2. The molecule has 166 valence electrons. The number of aromatic nitrogens is 2. The van der Waals surface area contributed by atoms with Gasteiger partial charge in [-0.15, -0.1) is 0 Å². The highest BCUT2D eigenvalue weighted by Crippen LogP contribution is 2.39. The fourth-order valence-electron chi connectivity index (χ4n) is 3.76. The molecule has 8 nitrogen and oxygen atoms in total. The van der Waals surface area contributed by atoms with E-state index in [0.717, 1.165) is 16.8 Å². The molecule has 1 aliphatic rings. The summed E-state index contributed by atoms with van der Waals surface area (Å²) in [6, 6.07) is 11.7. The Hall–Kier alpha value is -3.52. The maximum atomic E-state index is 12.8. The molecule has 0 bridgehead atoms. The number of rotatable bonds is 7. The second-order valence-corrected chi connectivity index (χ2v) is 7.74. The number of methoxy groups -OCH3 is 2. The average Bonchev–Trinajstić information content (AvgIpc) is 3.29. The molecule has 1 aliphatic heterocycles. The molecule has 2 heterocycles. The molecular weight excluding hydrogens is 432 g/mol. The van der Waals surface area contributed by atoms with Gasteiger partial charge in [-0.2, -0.15) is 5.10 Å². The summed E-state index contributed by atoms with van der Waals surface area (Å²) in [5.41, 5.74) is 3.08. The van der Waals surface area contributed by atoms with Crippen LogP contribution in [0, 0.1) is 0 Å². The zero-order valence-corrected chi connectivity index (χ0v) is 18.7. The molecule has 3 aromatic rings. The highest BCUT2D eigenvalue weighted by Gasteiger charge is 2.36. The van der Waals surface area contributed by atoms with Crippen molar-refractivity contribution in [1.82, 2.24) is 9.78 Å². The van der Waals surface area contributed by atoms with Gasteiger partial charge in [-0.1, -0.05) is 30.7 Å². The Morgan fingerprint density at radius 3 is 2.59 bits per heavy atom. The van der Waals surface area contributed by atoms with Gasteiger partial charge >= 0.3 is 0 Å². The molecule has 1 aromatic heterocycles. The first-order valence-electron chi connectivity index (χ1n) is 10.1. The smallest absolute Gasteiger partial charge is 0.251 e. The van der Waals surface area contributed by atoms with E-state index in [1.165, 1.54) is 7.11 Å². The molecule has 0 aliphatic carbocycles. The number of aryl methyl sites for hydroxylation is 1. The molecule has 1 unspecified atom stereocenters.